The molecule has 0 fully saturated rings. The molecule has 0 aliphatic heterocycles. The molecule has 5 nitrogen and oxygen atoms in total. The summed E-state index contributed by atoms with van der Waals surface area (Å²) in [6, 6.07) is 0. The molecule has 0 heterocycles. The van der Waals surface area contributed by atoms with Crippen LogP contribution in [0.4, 0.5) is 0 Å². The summed E-state index contributed by atoms with van der Waals surface area (Å²) in [5, 5.41) is 8.48. The number of carboxylic acid groups (broad SMARTS) is 1. The molecule has 0 aromatic rings. The third-order valence-electron chi connectivity index (χ3n) is 1.63. The largest absolute Gasteiger partial charge is 0.478 e. The van der Waals surface area contributed by atoms with Crippen LogP contribution in [0.5, 0.6) is 0 Å². The Morgan fingerprint density at radius 1 is 1.62 bits per heavy atom. The maximum atomic E-state index is 10.8. The van der Waals surface area contributed by atoms with E-state index in [4.69, 9.17) is 5.11 Å². The van der Waals surface area contributed by atoms with Gasteiger partial charge in [0.05, 0.1) is 5.92 Å². The minimum absolute atomic E-state index is 0.205. The first-order chi connectivity index (χ1) is 5.99. The number of carboxylic acids is 1. The molecule has 0 aliphatic carbocycles. The van der Waals surface area contributed by atoms with Crippen molar-refractivity contribution in [3.63, 3.8) is 0 Å². The molecule has 0 saturated carbocycles. The van der Waals surface area contributed by atoms with E-state index in [-0.39, 0.29) is 5.57 Å². The molecule has 0 bridgehead atoms. The van der Waals surface area contributed by atoms with Crippen LogP contribution in [0.25, 0.3) is 0 Å². The van der Waals surface area contributed by atoms with E-state index in [0.717, 1.165) is 0 Å². The zero-order valence-corrected chi connectivity index (χ0v) is 7.61. The SMILES string of the molecule is C/C(=C\CC(C)C(=O)ON)C(=O)O. The number of carbonyl (C=O) groups excluding carboxylic acids is 1. The molecule has 5 heteroatoms. The summed E-state index contributed by atoms with van der Waals surface area (Å²) in [4.78, 5) is 25.1. The van der Waals surface area contributed by atoms with Crippen LogP contribution >= 0.6 is 0 Å². The zero-order valence-electron chi connectivity index (χ0n) is 7.61. The smallest absolute Gasteiger partial charge is 0.330 e. The first kappa shape index (κ1) is 11.6. The van der Waals surface area contributed by atoms with Crippen molar-refractivity contribution in [3.8, 4) is 0 Å². The molecule has 1 atom stereocenters. The lowest BCUT2D eigenvalue weighted by Crippen LogP contribution is -2.17. The highest BCUT2D eigenvalue weighted by Gasteiger charge is 2.12. The fourth-order valence-corrected chi connectivity index (χ4v) is 0.653. The lowest BCUT2D eigenvalue weighted by Gasteiger charge is -2.04. The van der Waals surface area contributed by atoms with E-state index in [9.17, 15) is 9.59 Å². The van der Waals surface area contributed by atoms with Crippen LogP contribution in [-0.4, -0.2) is 17.0 Å². The van der Waals surface area contributed by atoms with E-state index < -0.39 is 17.9 Å². The fourth-order valence-electron chi connectivity index (χ4n) is 0.653. The summed E-state index contributed by atoms with van der Waals surface area (Å²) in [6.07, 6.45) is 1.78. The number of hydrogen-bond donors (Lipinski definition) is 2. The number of aliphatic carboxylic acids is 1. The average molecular weight is 187 g/mol. The summed E-state index contributed by atoms with van der Waals surface area (Å²) in [7, 11) is 0. The van der Waals surface area contributed by atoms with Crippen molar-refractivity contribution >= 4 is 11.9 Å². The summed E-state index contributed by atoms with van der Waals surface area (Å²) < 4.78 is 0. The van der Waals surface area contributed by atoms with Gasteiger partial charge in [-0.1, -0.05) is 13.0 Å². The quantitative estimate of drug-likeness (QED) is 0.493. The van der Waals surface area contributed by atoms with Crippen molar-refractivity contribution in [2.45, 2.75) is 20.3 Å². The van der Waals surface area contributed by atoms with Crippen molar-refractivity contribution in [3.05, 3.63) is 11.6 Å². The van der Waals surface area contributed by atoms with Gasteiger partial charge in [-0.25, -0.2) is 4.79 Å². The van der Waals surface area contributed by atoms with Crippen molar-refractivity contribution in [2.75, 3.05) is 0 Å². The fraction of sp³-hybridized carbons (Fsp3) is 0.500. The van der Waals surface area contributed by atoms with Gasteiger partial charge < -0.3 is 9.94 Å². The molecule has 0 rings (SSSR count). The third kappa shape index (κ3) is 4.27. The maximum Gasteiger partial charge on any atom is 0.330 e. The van der Waals surface area contributed by atoms with Crippen molar-refractivity contribution in [1.82, 2.24) is 0 Å². The molecule has 3 N–H and O–H groups in total. The van der Waals surface area contributed by atoms with E-state index in [1.54, 1.807) is 6.92 Å². The van der Waals surface area contributed by atoms with Gasteiger partial charge in [-0.3, -0.25) is 4.79 Å². The predicted molar refractivity (Wildman–Crippen MR) is 45.5 cm³/mol. The van der Waals surface area contributed by atoms with Crippen LogP contribution < -0.4 is 5.90 Å². The molecule has 0 amide bonds. The summed E-state index contributed by atoms with van der Waals surface area (Å²) >= 11 is 0. The molecule has 0 radical (unpaired) electrons. The van der Waals surface area contributed by atoms with E-state index in [0.29, 0.717) is 6.42 Å². The van der Waals surface area contributed by atoms with Crippen molar-refractivity contribution in [1.29, 1.82) is 0 Å². The van der Waals surface area contributed by atoms with Crippen molar-refractivity contribution < 1.29 is 19.5 Å². The number of hydrogen-bond acceptors (Lipinski definition) is 4. The number of nitrogens with two attached hydrogens (primary N) is 1. The highest BCUT2D eigenvalue weighted by molar-refractivity contribution is 5.85. The van der Waals surface area contributed by atoms with Gasteiger partial charge in [0.1, 0.15) is 0 Å². The van der Waals surface area contributed by atoms with E-state index in [1.165, 1.54) is 13.0 Å². The second kappa shape index (κ2) is 5.31. The predicted octanol–water partition coefficient (Wildman–Crippen LogP) is 0.460. The Labute approximate surface area is 76.1 Å². The van der Waals surface area contributed by atoms with Crippen LogP contribution in [-0.2, 0) is 14.4 Å². The van der Waals surface area contributed by atoms with Gasteiger partial charge in [0.25, 0.3) is 0 Å². The number of rotatable bonds is 4. The summed E-state index contributed by atoms with van der Waals surface area (Å²) in [5.41, 5.74) is 0.205. The summed E-state index contributed by atoms with van der Waals surface area (Å²) in [6.45, 7) is 3.07. The maximum absolute atomic E-state index is 10.8. The Hall–Kier alpha value is -1.36. The lowest BCUT2D eigenvalue weighted by molar-refractivity contribution is -0.148. The Balaban J connectivity index is 4.08. The molecule has 0 spiro atoms. The Kier molecular flexibility index (Phi) is 4.76. The van der Waals surface area contributed by atoms with Crippen LogP contribution in [0.2, 0.25) is 0 Å². The first-order valence-corrected chi connectivity index (χ1v) is 3.79. The molecule has 0 aromatic heterocycles. The van der Waals surface area contributed by atoms with Crippen LogP contribution in [0, 0.1) is 5.92 Å². The van der Waals surface area contributed by atoms with E-state index >= 15 is 0 Å². The zero-order chi connectivity index (χ0) is 10.4. The second-order valence-corrected chi connectivity index (χ2v) is 2.77. The molecule has 0 saturated heterocycles. The molecule has 0 aromatic carbocycles. The van der Waals surface area contributed by atoms with Gasteiger partial charge in [0, 0.05) is 5.57 Å². The molecular weight excluding hydrogens is 174 g/mol. The Bertz CT molecular complexity index is 234. The van der Waals surface area contributed by atoms with Crippen LogP contribution in [0.1, 0.15) is 20.3 Å². The highest BCUT2D eigenvalue weighted by Crippen LogP contribution is 2.06. The van der Waals surface area contributed by atoms with Gasteiger partial charge in [-0.15, -0.1) is 0 Å². The van der Waals surface area contributed by atoms with E-state index in [2.05, 4.69) is 10.7 Å². The molecule has 1 unspecified atom stereocenters. The average Bonchev–Trinajstić information content (AvgIpc) is 2.11. The monoisotopic (exact) mass is 187 g/mol. The molecule has 74 valence electrons. The molecule has 0 aliphatic rings. The Morgan fingerprint density at radius 2 is 2.15 bits per heavy atom. The van der Waals surface area contributed by atoms with Crippen LogP contribution in [0.3, 0.4) is 0 Å². The summed E-state index contributed by atoms with van der Waals surface area (Å²) in [5.74, 6) is 2.70. The number of carbonyl (C=O) groups is 2. The van der Waals surface area contributed by atoms with Gasteiger partial charge in [-0.2, -0.15) is 5.90 Å². The minimum atomic E-state index is -0.992. The standard InChI is InChI=1S/C8H13NO4/c1-5(7(10)11)3-4-6(2)8(12)13-9/h3,6H,4,9H2,1-2H3,(H,10,11)/b5-3+. The lowest BCUT2D eigenvalue weighted by atomic mass is 10.1. The third-order valence-corrected chi connectivity index (χ3v) is 1.63. The molecular formula is C8H13NO4. The van der Waals surface area contributed by atoms with E-state index in [1.807, 2.05) is 0 Å². The normalized spacial score (nSPS) is 13.6. The van der Waals surface area contributed by atoms with Gasteiger partial charge >= 0.3 is 11.9 Å². The first-order valence-electron chi connectivity index (χ1n) is 3.79. The highest BCUT2D eigenvalue weighted by atomic mass is 16.7. The van der Waals surface area contributed by atoms with Crippen molar-refractivity contribution in [2.24, 2.45) is 11.8 Å². The van der Waals surface area contributed by atoms with Gasteiger partial charge in [0.2, 0.25) is 0 Å². The van der Waals surface area contributed by atoms with Gasteiger partial charge in [-0.05, 0) is 13.3 Å². The van der Waals surface area contributed by atoms with Crippen LogP contribution in [0.15, 0.2) is 11.6 Å². The Morgan fingerprint density at radius 3 is 2.54 bits per heavy atom. The second-order valence-electron chi connectivity index (χ2n) is 2.77. The number of allylic oxidation sites excluding steroid dienone is 1. The molecule has 13 heavy (non-hydrogen) atoms. The topological polar surface area (TPSA) is 89.6 Å². The van der Waals surface area contributed by atoms with Gasteiger partial charge in [0.15, 0.2) is 0 Å². The minimum Gasteiger partial charge on any atom is -0.478 e.